The van der Waals surface area contributed by atoms with E-state index >= 15 is 0 Å². The van der Waals surface area contributed by atoms with Crippen molar-refractivity contribution in [2.24, 2.45) is 0 Å². The molecule has 2 aromatic carbocycles. The van der Waals surface area contributed by atoms with Crippen LogP contribution in [0.5, 0.6) is 5.75 Å². The number of hydrogen-bond acceptors (Lipinski definition) is 3. The lowest BCUT2D eigenvalue weighted by atomic mass is 10.2. The van der Waals surface area contributed by atoms with Crippen molar-refractivity contribution in [3.63, 3.8) is 0 Å². The van der Waals surface area contributed by atoms with Gasteiger partial charge in [0, 0.05) is 21.7 Å². The van der Waals surface area contributed by atoms with E-state index in [-0.39, 0.29) is 0 Å². The van der Waals surface area contributed by atoms with Gasteiger partial charge in [-0.05, 0) is 42.9 Å². The van der Waals surface area contributed by atoms with E-state index in [2.05, 4.69) is 51.6 Å². The average Bonchev–Trinajstić information content (AvgIpc) is 2.48. The molecular formula is C16H18BrNOS. The van der Waals surface area contributed by atoms with E-state index < -0.39 is 0 Å². The van der Waals surface area contributed by atoms with Gasteiger partial charge in [-0.1, -0.05) is 34.1 Å². The quantitative estimate of drug-likeness (QED) is 0.592. The summed E-state index contributed by atoms with van der Waals surface area (Å²) in [6, 6.07) is 16.5. The fourth-order valence-electron chi connectivity index (χ4n) is 1.80. The normalized spacial score (nSPS) is 10.5. The molecule has 0 radical (unpaired) electrons. The maximum absolute atomic E-state index is 5.80. The summed E-state index contributed by atoms with van der Waals surface area (Å²) in [5.41, 5.74) is 1.21. The van der Waals surface area contributed by atoms with Gasteiger partial charge in [0.1, 0.15) is 5.75 Å². The molecule has 0 saturated carbocycles. The number of nitrogens with one attached hydrogen (secondary N) is 1. The fourth-order valence-corrected chi connectivity index (χ4v) is 2.94. The van der Waals surface area contributed by atoms with Crippen molar-refractivity contribution in [2.45, 2.75) is 11.4 Å². The van der Waals surface area contributed by atoms with Crippen molar-refractivity contribution in [3.05, 3.63) is 58.6 Å². The van der Waals surface area contributed by atoms with E-state index in [1.807, 2.05) is 37.0 Å². The maximum Gasteiger partial charge on any atom is 0.119 e. The number of thioether (sulfide) groups is 1. The van der Waals surface area contributed by atoms with E-state index in [9.17, 15) is 0 Å². The number of halogens is 1. The van der Waals surface area contributed by atoms with Gasteiger partial charge in [-0.15, -0.1) is 11.8 Å². The molecule has 2 rings (SSSR count). The molecule has 0 heterocycles. The van der Waals surface area contributed by atoms with Gasteiger partial charge in [-0.2, -0.15) is 0 Å². The van der Waals surface area contributed by atoms with Gasteiger partial charge in [-0.3, -0.25) is 0 Å². The van der Waals surface area contributed by atoms with Gasteiger partial charge in [-0.25, -0.2) is 0 Å². The van der Waals surface area contributed by atoms with E-state index in [1.165, 1.54) is 10.5 Å². The van der Waals surface area contributed by atoms with Gasteiger partial charge in [0.25, 0.3) is 0 Å². The summed E-state index contributed by atoms with van der Waals surface area (Å²) in [6.07, 6.45) is 0. The summed E-state index contributed by atoms with van der Waals surface area (Å²) in [6.45, 7) is 1.54. The molecule has 0 aliphatic heterocycles. The molecule has 0 aromatic heterocycles. The van der Waals surface area contributed by atoms with Crippen molar-refractivity contribution in [1.29, 1.82) is 0 Å². The largest absolute Gasteiger partial charge is 0.493 e. The molecule has 1 N–H and O–H groups in total. The number of rotatable bonds is 7. The van der Waals surface area contributed by atoms with Crippen LogP contribution in [-0.2, 0) is 6.54 Å². The Morgan fingerprint density at radius 1 is 1.15 bits per heavy atom. The average molecular weight is 352 g/mol. The van der Waals surface area contributed by atoms with Gasteiger partial charge in [0.05, 0.1) is 6.61 Å². The zero-order valence-electron chi connectivity index (χ0n) is 11.4. The minimum absolute atomic E-state index is 0.709. The molecule has 4 heteroatoms. The molecule has 0 bridgehead atoms. The second kappa shape index (κ2) is 8.35. The summed E-state index contributed by atoms with van der Waals surface area (Å²) in [5.74, 6) is 1.87. The second-order valence-electron chi connectivity index (χ2n) is 4.29. The third-order valence-electron chi connectivity index (χ3n) is 2.75. The number of benzene rings is 2. The summed E-state index contributed by atoms with van der Waals surface area (Å²) in [5, 5.41) is 3.15. The molecule has 0 spiro atoms. The van der Waals surface area contributed by atoms with Crippen molar-refractivity contribution in [1.82, 2.24) is 5.32 Å². The lowest BCUT2D eigenvalue weighted by molar-refractivity contribution is 0.343. The highest BCUT2D eigenvalue weighted by molar-refractivity contribution is 9.10. The van der Waals surface area contributed by atoms with Gasteiger partial charge in [0.15, 0.2) is 0 Å². The molecule has 2 aromatic rings. The van der Waals surface area contributed by atoms with Gasteiger partial charge in [0.2, 0.25) is 0 Å². The molecule has 0 aliphatic rings. The van der Waals surface area contributed by atoms with Crippen molar-refractivity contribution >= 4 is 27.7 Å². The van der Waals surface area contributed by atoms with Crippen LogP contribution in [0.3, 0.4) is 0 Å². The van der Waals surface area contributed by atoms with Crippen LogP contribution in [0.2, 0.25) is 0 Å². The zero-order chi connectivity index (χ0) is 14.2. The van der Waals surface area contributed by atoms with Crippen molar-refractivity contribution < 1.29 is 4.74 Å². The Bertz CT molecular complexity index is 533. The molecule has 0 unspecified atom stereocenters. The smallest absolute Gasteiger partial charge is 0.119 e. The minimum atomic E-state index is 0.709. The molecule has 0 saturated heterocycles. The topological polar surface area (TPSA) is 21.3 Å². The highest BCUT2D eigenvalue weighted by Crippen LogP contribution is 2.23. The molecule has 0 amide bonds. The van der Waals surface area contributed by atoms with Crippen LogP contribution >= 0.6 is 27.7 Å². The molecular weight excluding hydrogens is 334 g/mol. The monoisotopic (exact) mass is 351 g/mol. The van der Waals surface area contributed by atoms with Crippen LogP contribution in [0.15, 0.2) is 57.9 Å². The Balaban J connectivity index is 1.80. The van der Waals surface area contributed by atoms with E-state index in [0.717, 1.165) is 22.5 Å². The van der Waals surface area contributed by atoms with E-state index in [0.29, 0.717) is 6.61 Å². The fraction of sp³-hybridized carbons (Fsp3) is 0.250. The van der Waals surface area contributed by atoms with Gasteiger partial charge >= 0.3 is 0 Å². The van der Waals surface area contributed by atoms with Crippen LogP contribution in [-0.4, -0.2) is 19.4 Å². The molecule has 2 nitrogen and oxygen atoms in total. The first-order valence-electron chi connectivity index (χ1n) is 6.53. The minimum Gasteiger partial charge on any atom is -0.493 e. The highest BCUT2D eigenvalue weighted by Gasteiger charge is 2.02. The first-order valence-corrected chi connectivity index (χ1v) is 8.31. The van der Waals surface area contributed by atoms with Crippen LogP contribution in [0.25, 0.3) is 0 Å². The predicted octanol–water partition coefficient (Wildman–Crippen LogP) is 4.34. The zero-order valence-corrected chi connectivity index (χ0v) is 13.8. The molecule has 0 fully saturated rings. The Hall–Kier alpha value is -0.970. The third-order valence-corrected chi connectivity index (χ3v) is 4.50. The maximum atomic E-state index is 5.80. The molecule has 0 atom stereocenters. The number of hydrogen-bond donors (Lipinski definition) is 1. The Kier molecular flexibility index (Phi) is 6.43. The third kappa shape index (κ3) is 4.85. The number of ether oxygens (including phenoxy) is 1. The summed E-state index contributed by atoms with van der Waals surface area (Å²) in [4.78, 5) is 1.28. The lowest BCUT2D eigenvalue weighted by Crippen LogP contribution is -2.06. The van der Waals surface area contributed by atoms with E-state index in [1.54, 1.807) is 0 Å². The SMILES string of the molecule is CNCc1cc(OCCSc2ccccc2)ccc1Br. The highest BCUT2D eigenvalue weighted by atomic mass is 79.9. The predicted molar refractivity (Wildman–Crippen MR) is 89.6 cm³/mol. The summed E-state index contributed by atoms with van der Waals surface area (Å²) in [7, 11) is 1.94. The first-order chi connectivity index (χ1) is 9.79. The second-order valence-corrected chi connectivity index (χ2v) is 6.32. The molecule has 20 heavy (non-hydrogen) atoms. The summed E-state index contributed by atoms with van der Waals surface area (Å²) >= 11 is 5.35. The van der Waals surface area contributed by atoms with Crippen molar-refractivity contribution in [3.8, 4) is 5.75 Å². The standard InChI is InChI=1S/C16H18BrNOS/c1-18-12-13-11-14(7-8-16(13)17)19-9-10-20-15-5-3-2-4-6-15/h2-8,11,18H,9-10,12H2,1H3. The summed E-state index contributed by atoms with van der Waals surface area (Å²) < 4.78 is 6.91. The molecule has 106 valence electrons. The van der Waals surface area contributed by atoms with Gasteiger partial charge < -0.3 is 10.1 Å². The Morgan fingerprint density at radius 3 is 2.70 bits per heavy atom. The van der Waals surface area contributed by atoms with Crippen LogP contribution in [0.1, 0.15) is 5.56 Å². The van der Waals surface area contributed by atoms with E-state index in [4.69, 9.17) is 4.74 Å². The first kappa shape index (κ1) is 15.4. The van der Waals surface area contributed by atoms with Crippen LogP contribution in [0.4, 0.5) is 0 Å². The molecule has 0 aliphatic carbocycles. The lowest BCUT2D eigenvalue weighted by Gasteiger charge is -2.09. The van der Waals surface area contributed by atoms with Crippen LogP contribution < -0.4 is 10.1 Å². The Labute approximate surface area is 133 Å². The van der Waals surface area contributed by atoms with Crippen LogP contribution in [0, 0.1) is 0 Å². The Morgan fingerprint density at radius 2 is 1.95 bits per heavy atom. The van der Waals surface area contributed by atoms with Crippen molar-refractivity contribution in [2.75, 3.05) is 19.4 Å².